The van der Waals surface area contributed by atoms with E-state index >= 15 is 0 Å². The van der Waals surface area contributed by atoms with Gasteiger partial charge in [-0.2, -0.15) is 0 Å². The molecular formula is C9H18O3. The standard InChI is InChI=1S/C9H18O3/c1-3-4-11-8(2)5-10-6-9-7-12-9/h8-9H,3-7H2,1-2H3. The summed E-state index contributed by atoms with van der Waals surface area (Å²) in [7, 11) is 0. The predicted octanol–water partition coefficient (Wildman–Crippen LogP) is 1.22. The molecule has 0 spiro atoms. The molecule has 1 heterocycles. The summed E-state index contributed by atoms with van der Waals surface area (Å²) in [5, 5.41) is 0. The van der Waals surface area contributed by atoms with Crippen LogP contribution >= 0.6 is 0 Å². The Morgan fingerprint density at radius 2 is 2.33 bits per heavy atom. The second-order valence-corrected chi connectivity index (χ2v) is 3.17. The minimum Gasteiger partial charge on any atom is -0.376 e. The summed E-state index contributed by atoms with van der Waals surface area (Å²) in [5.41, 5.74) is 0. The van der Waals surface area contributed by atoms with E-state index in [0.717, 1.165) is 26.2 Å². The van der Waals surface area contributed by atoms with Crippen molar-refractivity contribution in [2.24, 2.45) is 0 Å². The van der Waals surface area contributed by atoms with Gasteiger partial charge in [0.1, 0.15) is 6.10 Å². The van der Waals surface area contributed by atoms with Crippen molar-refractivity contribution in [2.75, 3.05) is 26.4 Å². The number of hydrogen-bond donors (Lipinski definition) is 0. The lowest BCUT2D eigenvalue weighted by molar-refractivity contribution is -0.00963. The van der Waals surface area contributed by atoms with E-state index < -0.39 is 0 Å². The lowest BCUT2D eigenvalue weighted by Gasteiger charge is -2.11. The van der Waals surface area contributed by atoms with E-state index in [1.165, 1.54) is 0 Å². The van der Waals surface area contributed by atoms with Crippen LogP contribution in [-0.4, -0.2) is 38.6 Å². The molecule has 0 saturated carbocycles. The Bertz CT molecular complexity index is 112. The lowest BCUT2D eigenvalue weighted by Crippen LogP contribution is -2.18. The second-order valence-electron chi connectivity index (χ2n) is 3.17. The topological polar surface area (TPSA) is 31.0 Å². The van der Waals surface area contributed by atoms with E-state index in [4.69, 9.17) is 14.2 Å². The minimum atomic E-state index is 0.212. The molecular weight excluding hydrogens is 156 g/mol. The summed E-state index contributed by atoms with van der Waals surface area (Å²) >= 11 is 0. The molecule has 1 aliphatic rings. The van der Waals surface area contributed by atoms with Crippen molar-refractivity contribution in [3.8, 4) is 0 Å². The number of epoxide rings is 1. The van der Waals surface area contributed by atoms with E-state index in [1.807, 2.05) is 6.92 Å². The summed E-state index contributed by atoms with van der Waals surface area (Å²) < 4.78 is 15.8. The van der Waals surface area contributed by atoms with Crippen molar-refractivity contribution >= 4 is 0 Å². The van der Waals surface area contributed by atoms with Crippen LogP contribution in [0.1, 0.15) is 20.3 Å². The van der Waals surface area contributed by atoms with Gasteiger partial charge in [-0.15, -0.1) is 0 Å². The average molecular weight is 174 g/mol. The first-order chi connectivity index (χ1) is 5.83. The van der Waals surface area contributed by atoms with Crippen molar-refractivity contribution in [1.29, 1.82) is 0 Å². The molecule has 0 radical (unpaired) electrons. The largest absolute Gasteiger partial charge is 0.376 e. The highest BCUT2D eigenvalue weighted by Crippen LogP contribution is 2.08. The summed E-state index contributed by atoms with van der Waals surface area (Å²) in [6.45, 7) is 7.23. The van der Waals surface area contributed by atoms with E-state index in [-0.39, 0.29) is 6.10 Å². The fourth-order valence-corrected chi connectivity index (χ4v) is 0.897. The van der Waals surface area contributed by atoms with Crippen LogP contribution in [0.3, 0.4) is 0 Å². The third kappa shape index (κ3) is 4.70. The van der Waals surface area contributed by atoms with Gasteiger partial charge < -0.3 is 14.2 Å². The molecule has 0 aromatic rings. The normalized spacial score (nSPS) is 24.0. The van der Waals surface area contributed by atoms with Gasteiger partial charge in [-0.25, -0.2) is 0 Å². The van der Waals surface area contributed by atoms with Crippen LogP contribution in [0.4, 0.5) is 0 Å². The first kappa shape index (κ1) is 9.96. The molecule has 0 aliphatic carbocycles. The summed E-state index contributed by atoms with van der Waals surface area (Å²) in [6.07, 6.45) is 1.64. The van der Waals surface area contributed by atoms with Gasteiger partial charge in [0.05, 0.1) is 25.9 Å². The highest BCUT2D eigenvalue weighted by Gasteiger charge is 2.22. The van der Waals surface area contributed by atoms with Gasteiger partial charge in [-0.3, -0.25) is 0 Å². The van der Waals surface area contributed by atoms with Gasteiger partial charge in [0.15, 0.2) is 0 Å². The number of rotatable bonds is 7. The zero-order valence-electron chi connectivity index (χ0n) is 7.91. The van der Waals surface area contributed by atoms with Crippen molar-refractivity contribution < 1.29 is 14.2 Å². The fraction of sp³-hybridized carbons (Fsp3) is 1.00. The van der Waals surface area contributed by atoms with Gasteiger partial charge in [-0.05, 0) is 13.3 Å². The molecule has 0 aromatic heterocycles. The summed E-state index contributed by atoms with van der Waals surface area (Å²) in [5.74, 6) is 0. The third-order valence-corrected chi connectivity index (χ3v) is 1.67. The van der Waals surface area contributed by atoms with Gasteiger partial charge in [0, 0.05) is 6.61 Å². The molecule has 3 heteroatoms. The van der Waals surface area contributed by atoms with Crippen molar-refractivity contribution in [3.05, 3.63) is 0 Å². The summed E-state index contributed by atoms with van der Waals surface area (Å²) in [4.78, 5) is 0. The van der Waals surface area contributed by atoms with E-state index in [0.29, 0.717) is 12.7 Å². The number of ether oxygens (including phenoxy) is 3. The van der Waals surface area contributed by atoms with Crippen LogP contribution in [0.25, 0.3) is 0 Å². The molecule has 0 bridgehead atoms. The highest BCUT2D eigenvalue weighted by molar-refractivity contribution is 4.67. The fourth-order valence-electron chi connectivity index (χ4n) is 0.897. The molecule has 0 N–H and O–H groups in total. The number of hydrogen-bond acceptors (Lipinski definition) is 3. The van der Waals surface area contributed by atoms with Crippen LogP contribution in [0.2, 0.25) is 0 Å². The van der Waals surface area contributed by atoms with Crippen LogP contribution in [0, 0.1) is 0 Å². The molecule has 1 fully saturated rings. The molecule has 0 aromatic carbocycles. The van der Waals surface area contributed by atoms with Crippen molar-refractivity contribution in [1.82, 2.24) is 0 Å². The smallest absolute Gasteiger partial charge is 0.104 e. The molecule has 1 aliphatic heterocycles. The Morgan fingerprint density at radius 1 is 1.58 bits per heavy atom. The maximum atomic E-state index is 5.43. The molecule has 1 rings (SSSR count). The molecule has 1 saturated heterocycles. The van der Waals surface area contributed by atoms with E-state index in [2.05, 4.69) is 6.92 Å². The quantitative estimate of drug-likeness (QED) is 0.544. The monoisotopic (exact) mass is 174 g/mol. The van der Waals surface area contributed by atoms with Crippen LogP contribution in [0.5, 0.6) is 0 Å². The Kier molecular flexibility index (Phi) is 4.58. The van der Waals surface area contributed by atoms with Crippen molar-refractivity contribution in [2.45, 2.75) is 32.5 Å². The van der Waals surface area contributed by atoms with Gasteiger partial charge in [0.2, 0.25) is 0 Å². The lowest BCUT2D eigenvalue weighted by atomic mass is 10.4. The molecule has 2 atom stereocenters. The molecule has 0 amide bonds. The zero-order valence-corrected chi connectivity index (χ0v) is 7.91. The van der Waals surface area contributed by atoms with Crippen LogP contribution in [0.15, 0.2) is 0 Å². The maximum Gasteiger partial charge on any atom is 0.104 e. The third-order valence-electron chi connectivity index (χ3n) is 1.67. The highest BCUT2D eigenvalue weighted by atomic mass is 16.6. The Morgan fingerprint density at radius 3 is 2.92 bits per heavy atom. The predicted molar refractivity (Wildman–Crippen MR) is 46.3 cm³/mol. The SMILES string of the molecule is CCCOC(C)COCC1CO1. The summed E-state index contributed by atoms with van der Waals surface area (Å²) in [6, 6.07) is 0. The Balaban J connectivity index is 1.83. The Hall–Kier alpha value is -0.120. The van der Waals surface area contributed by atoms with Crippen LogP contribution < -0.4 is 0 Å². The van der Waals surface area contributed by atoms with Gasteiger partial charge >= 0.3 is 0 Å². The second kappa shape index (κ2) is 5.51. The zero-order chi connectivity index (χ0) is 8.81. The Labute approximate surface area is 74.0 Å². The van der Waals surface area contributed by atoms with E-state index in [9.17, 15) is 0 Å². The van der Waals surface area contributed by atoms with E-state index in [1.54, 1.807) is 0 Å². The minimum absolute atomic E-state index is 0.212. The maximum absolute atomic E-state index is 5.43. The van der Waals surface area contributed by atoms with Gasteiger partial charge in [-0.1, -0.05) is 6.92 Å². The average Bonchev–Trinajstić information content (AvgIpc) is 2.84. The molecule has 72 valence electrons. The molecule has 12 heavy (non-hydrogen) atoms. The molecule has 2 unspecified atom stereocenters. The first-order valence-corrected chi connectivity index (χ1v) is 4.64. The van der Waals surface area contributed by atoms with Crippen molar-refractivity contribution in [3.63, 3.8) is 0 Å². The van der Waals surface area contributed by atoms with Crippen LogP contribution in [-0.2, 0) is 14.2 Å². The van der Waals surface area contributed by atoms with Gasteiger partial charge in [0.25, 0.3) is 0 Å². The first-order valence-electron chi connectivity index (χ1n) is 4.64. The molecule has 3 nitrogen and oxygen atoms in total.